The molecule has 2 aromatic carbocycles. The van der Waals surface area contributed by atoms with E-state index in [0.29, 0.717) is 0 Å². The maximum atomic E-state index is 12.5. The molecule has 2 aromatic rings. The Balaban J connectivity index is 2.08. The predicted molar refractivity (Wildman–Crippen MR) is 115 cm³/mol. The fourth-order valence-corrected chi connectivity index (χ4v) is 3.42. The summed E-state index contributed by atoms with van der Waals surface area (Å²) >= 11 is 0. The maximum Gasteiger partial charge on any atom is 0.246 e. The van der Waals surface area contributed by atoms with Gasteiger partial charge in [0, 0.05) is 19.4 Å². The summed E-state index contributed by atoms with van der Waals surface area (Å²) in [5.74, 6) is -0.111. The number of nitrogens with zero attached hydrogens (tertiary/aromatic N) is 1. The summed E-state index contributed by atoms with van der Waals surface area (Å²) in [7, 11) is -1.48. The lowest BCUT2D eigenvalue weighted by Crippen LogP contribution is -2.28. The van der Waals surface area contributed by atoms with Crippen molar-refractivity contribution in [2.24, 2.45) is 0 Å². The molecule has 0 aliphatic rings. The van der Waals surface area contributed by atoms with E-state index in [1.807, 2.05) is 25.1 Å². The van der Waals surface area contributed by atoms with Gasteiger partial charge in [0.15, 0.2) is 9.84 Å². The molecule has 28 heavy (non-hydrogen) atoms. The molecule has 0 fully saturated rings. The predicted octanol–water partition coefficient (Wildman–Crippen LogP) is 4.62. The molecule has 0 saturated heterocycles. The highest BCUT2D eigenvalue weighted by Crippen LogP contribution is 2.23. The molecule has 0 saturated carbocycles. The topological polar surface area (TPSA) is 54.5 Å². The van der Waals surface area contributed by atoms with Crippen molar-refractivity contribution in [3.63, 3.8) is 0 Å². The number of sulfone groups is 1. The molecule has 0 aromatic heterocycles. The standard InChI is InChI=1S/C23H29NO3S/c1-17(19-10-14-21(15-11-19)28(6,26)27)24(5)22(25)16-9-18-7-12-20(13-8-18)23(2,3)4/h7-17H,1-6H3/b16-9+. The summed E-state index contributed by atoms with van der Waals surface area (Å²) in [6.07, 6.45) is 4.55. The Morgan fingerprint density at radius 2 is 1.54 bits per heavy atom. The van der Waals surface area contributed by atoms with Gasteiger partial charge in [-0.2, -0.15) is 0 Å². The van der Waals surface area contributed by atoms with Crippen LogP contribution in [0.1, 0.15) is 50.4 Å². The minimum absolute atomic E-state index is 0.0976. The number of likely N-dealkylation sites (N-methyl/N-ethyl adjacent to an activating group) is 1. The number of benzene rings is 2. The molecule has 0 spiro atoms. The van der Waals surface area contributed by atoms with Gasteiger partial charge in [0.25, 0.3) is 0 Å². The van der Waals surface area contributed by atoms with Crippen molar-refractivity contribution >= 4 is 21.8 Å². The van der Waals surface area contributed by atoms with Crippen LogP contribution < -0.4 is 0 Å². The molecule has 0 heterocycles. The summed E-state index contributed by atoms with van der Waals surface area (Å²) in [4.78, 5) is 14.4. The third kappa shape index (κ3) is 5.55. The molecule has 0 bridgehead atoms. The Hall–Kier alpha value is -2.40. The van der Waals surface area contributed by atoms with Crippen molar-refractivity contribution in [1.82, 2.24) is 4.90 Å². The van der Waals surface area contributed by atoms with Crippen LogP contribution in [0.5, 0.6) is 0 Å². The maximum absolute atomic E-state index is 12.5. The van der Waals surface area contributed by atoms with Gasteiger partial charge in [-0.05, 0) is 47.2 Å². The highest BCUT2D eigenvalue weighted by Gasteiger charge is 2.17. The van der Waals surface area contributed by atoms with E-state index in [0.717, 1.165) is 11.1 Å². The quantitative estimate of drug-likeness (QED) is 0.689. The van der Waals surface area contributed by atoms with Gasteiger partial charge in [0.1, 0.15) is 0 Å². The van der Waals surface area contributed by atoms with E-state index in [2.05, 4.69) is 32.9 Å². The zero-order valence-electron chi connectivity index (χ0n) is 17.4. The first-order chi connectivity index (χ1) is 12.9. The van der Waals surface area contributed by atoms with E-state index in [4.69, 9.17) is 0 Å². The summed E-state index contributed by atoms with van der Waals surface area (Å²) < 4.78 is 23.2. The first-order valence-corrected chi connectivity index (χ1v) is 11.1. The van der Waals surface area contributed by atoms with Crippen LogP contribution in [0.2, 0.25) is 0 Å². The molecule has 0 aliphatic carbocycles. The highest BCUT2D eigenvalue weighted by atomic mass is 32.2. The van der Waals surface area contributed by atoms with Gasteiger partial charge in [0.05, 0.1) is 10.9 Å². The molecule has 4 nitrogen and oxygen atoms in total. The monoisotopic (exact) mass is 399 g/mol. The molecular formula is C23H29NO3S. The number of rotatable bonds is 5. The fourth-order valence-electron chi connectivity index (χ4n) is 2.79. The van der Waals surface area contributed by atoms with Crippen LogP contribution >= 0.6 is 0 Å². The van der Waals surface area contributed by atoms with Crippen molar-refractivity contribution < 1.29 is 13.2 Å². The van der Waals surface area contributed by atoms with Crippen LogP contribution in [0.15, 0.2) is 59.5 Å². The van der Waals surface area contributed by atoms with Crippen LogP contribution in [-0.4, -0.2) is 32.5 Å². The Labute approximate surface area is 168 Å². The van der Waals surface area contributed by atoms with E-state index in [-0.39, 0.29) is 22.3 Å². The number of amides is 1. The van der Waals surface area contributed by atoms with E-state index in [9.17, 15) is 13.2 Å². The summed E-state index contributed by atoms with van der Waals surface area (Å²) in [5, 5.41) is 0. The van der Waals surface area contributed by atoms with Gasteiger partial charge >= 0.3 is 0 Å². The van der Waals surface area contributed by atoms with Gasteiger partial charge in [-0.1, -0.05) is 57.2 Å². The summed E-state index contributed by atoms with van der Waals surface area (Å²) in [5.41, 5.74) is 3.20. The van der Waals surface area contributed by atoms with Crippen LogP contribution in [0.3, 0.4) is 0 Å². The van der Waals surface area contributed by atoms with Crippen molar-refractivity contribution in [3.05, 3.63) is 71.3 Å². The van der Waals surface area contributed by atoms with Gasteiger partial charge in [-0.15, -0.1) is 0 Å². The average molecular weight is 400 g/mol. The molecule has 1 atom stereocenters. The van der Waals surface area contributed by atoms with Crippen LogP contribution in [0.25, 0.3) is 6.08 Å². The Kier molecular flexibility index (Phi) is 6.50. The normalized spacial score (nSPS) is 13.5. The molecule has 0 radical (unpaired) electrons. The number of carbonyl (C=O) groups excluding carboxylic acids is 1. The zero-order valence-corrected chi connectivity index (χ0v) is 18.2. The second-order valence-corrected chi connectivity index (χ2v) is 10.2. The van der Waals surface area contributed by atoms with Crippen molar-refractivity contribution in [1.29, 1.82) is 0 Å². The van der Waals surface area contributed by atoms with Crippen LogP contribution in [0, 0.1) is 0 Å². The molecule has 1 amide bonds. The Morgan fingerprint density at radius 3 is 2.00 bits per heavy atom. The minimum atomic E-state index is -3.23. The Morgan fingerprint density at radius 1 is 1.00 bits per heavy atom. The molecule has 2 rings (SSSR count). The van der Waals surface area contributed by atoms with Gasteiger partial charge in [-0.25, -0.2) is 8.42 Å². The lowest BCUT2D eigenvalue weighted by Gasteiger charge is -2.24. The highest BCUT2D eigenvalue weighted by molar-refractivity contribution is 7.90. The van der Waals surface area contributed by atoms with E-state index >= 15 is 0 Å². The van der Waals surface area contributed by atoms with Gasteiger partial charge in [0.2, 0.25) is 5.91 Å². The lowest BCUT2D eigenvalue weighted by molar-refractivity contribution is -0.126. The summed E-state index contributed by atoms with van der Waals surface area (Å²) in [6.45, 7) is 8.42. The number of carbonyl (C=O) groups is 1. The van der Waals surface area contributed by atoms with E-state index in [1.54, 1.807) is 42.3 Å². The fraction of sp³-hybridized carbons (Fsp3) is 0.348. The molecule has 5 heteroatoms. The van der Waals surface area contributed by atoms with Crippen LogP contribution in [0.4, 0.5) is 0 Å². The first kappa shape index (κ1) is 21.9. The SMILES string of the molecule is CC(c1ccc(S(C)(=O)=O)cc1)N(C)C(=O)/C=C/c1ccc(C(C)(C)C)cc1. The second-order valence-electron chi connectivity index (χ2n) is 8.17. The third-order valence-electron chi connectivity index (χ3n) is 4.91. The van der Waals surface area contributed by atoms with Gasteiger partial charge < -0.3 is 4.90 Å². The number of hydrogen-bond acceptors (Lipinski definition) is 3. The van der Waals surface area contributed by atoms with Crippen molar-refractivity contribution in [2.45, 2.75) is 44.0 Å². The number of hydrogen-bond donors (Lipinski definition) is 0. The Bertz CT molecular complexity index is 950. The smallest absolute Gasteiger partial charge is 0.246 e. The lowest BCUT2D eigenvalue weighted by atomic mass is 9.87. The third-order valence-corrected chi connectivity index (χ3v) is 6.04. The van der Waals surface area contributed by atoms with Crippen LogP contribution in [-0.2, 0) is 20.0 Å². The largest absolute Gasteiger partial charge is 0.335 e. The van der Waals surface area contributed by atoms with Crippen molar-refractivity contribution in [2.75, 3.05) is 13.3 Å². The van der Waals surface area contributed by atoms with E-state index < -0.39 is 9.84 Å². The summed E-state index contributed by atoms with van der Waals surface area (Å²) in [6, 6.07) is 14.7. The molecule has 150 valence electrons. The minimum Gasteiger partial charge on any atom is -0.335 e. The van der Waals surface area contributed by atoms with Crippen molar-refractivity contribution in [3.8, 4) is 0 Å². The molecule has 0 N–H and O–H groups in total. The van der Waals surface area contributed by atoms with Gasteiger partial charge in [-0.3, -0.25) is 4.79 Å². The first-order valence-electron chi connectivity index (χ1n) is 9.25. The molecule has 1 unspecified atom stereocenters. The zero-order chi connectivity index (χ0) is 21.1. The second kappa shape index (κ2) is 8.31. The average Bonchev–Trinajstić information content (AvgIpc) is 2.64. The molecular weight excluding hydrogens is 370 g/mol. The van der Waals surface area contributed by atoms with E-state index in [1.165, 1.54) is 11.8 Å². The molecule has 0 aliphatic heterocycles.